The molecule has 2 heterocycles. The number of ether oxygens (including phenoxy) is 1. The van der Waals surface area contributed by atoms with Crippen molar-refractivity contribution < 1.29 is 9.53 Å². The largest absolute Gasteiger partial charge is 0.496 e. The summed E-state index contributed by atoms with van der Waals surface area (Å²) in [7, 11) is 3.63. The van der Waals surface area contributed by atoms with Gasteiger partial charge >= 0.3 is 0 Å². The van der Waals surface area contributed by atoms with E-state index in [9.17, 15) is 4.79 Å². The summed E-state index contributed by atoms with van der Waals surface area (Å²) in [5.74, 6) is 2.76. The molecule has 1 aliphatic rings. The van der Waals surface area contributed by atoms with Gasteiger partial charge in [0.1, 0.15) is 17.3 Å². The molecule has 1 amide bonds. The van der Waals surface area contributed by atoms with Gasteiger partial charge in [-0.25, -0.2) is 4.98 Å². The molecule has 2 aromatic rings. The maximum Gasteiger partial charge on any atom is 0.274 e. The summed E-state index contributed by atoms with van der Waals surface area (Å²) in [5.41, 5.74) is 5.05. The van der Waals surface area contributed by atoms with Gasteiger partial charge in [0.05, 0.1) is 18.5 Å². The number of carbonyl (C=O) groups is 1. The summed E-state index contributed by atoms with van der Waals surface area (Å²) in [6.07, 6.45) is 3.63. The van der Waals surface area contributed by atoms with E-state index in [0.29, 0.717) is 11.6 Å². The van der Waals surface area contributed by atoms with E-state index in [4.69, 9.17) is 9.72 Å². The highest BCUT2D eigenvalue weighted by Crippen LogP contribution is 2.37. The molecular formula is C26H39N3O2. The molecule has 1 aromatic carbocycles. The molecular weight excluding hydrogens is 386 g/mol. The Labute approximate surface area is 187 Å². The molecule has 1 aromatic heterocycles. The van der Waals surface area contributed by atoms with E-state index in [-0.39, 0.29) is 17.4 Å². The van der Waals surface area contributed by atoms with Crippen LogP contribution in [0.5, 0.6) is 5.75 Å². The number of aryl methyl sites for hydroxylation is 1. The topological polar surface area (TPSA) is 47.4 Å². The number of hydrogen-bond acceptors (Lipinski definition) is 3. The number of imidazole rings is 1. The third kappa shape index (κ3) is 4.37. The van der Waals surface area contributed by atoms with E-state index < -0.39 is 0 Å². The van der Waals surface area contributed by atoms with Gasteiger partial charge in [-0.15, -0.1) is 0 Å². The number of fused-ring (bicyclic) bond motifs is 3. The zero-order chi connectivity index (χ0) is 23.1. The van der Waals surface area contributed by atoms with E-state index >= 15 is 0 Å². The van der Waals surface area contributed by atoms with Crippen LogP contribution in [-0.4, -0.2) is 40.1 Å². The van der Waals surface area contributed by atoms with Crippen molar-refractivity contribution in [2.45, 2.75) is 85.6 Å². The van der Waals surface area contributed by atoms with Crippen LogP contribution in [0.4, 0.5) is 0 Å². The maximum absolute atomic E-state index is 13.4. The highest BCUT2D eigenvalue weighted by Gasteiger charge is 2.33. The van der Waals surface area contributed by atoms with Crippen LogP contribution < -0.4 is 4.74 Å². The molecule has 3 rings (SSSR count). The Balaban J connectivity index is 2.22. The minimum Gasteiger partial charge on any atom is -0.496 e. The number of hydrogen-bond donors (Lipinski definition) is 0. The van der Waals surface area contributed by atoms with E-state index in [0.717, 1.165) is 48.6 Å². The number of nitrogens with zero attached hydrogens (tertiary/aromatic N) is 3. The number of rotatable bonds is 6. The van der Waals surface area contributed by atoms with Crippen LogP contribution in [0.15, 0.2) is 12.1 Å². The van der Waals surface area contributed by atoms with Gasteiger partial charge in [-0.1, -0.05) is 27.7 Å². The van der Waals surface area contributed by atoms with Gasteiger partial charge in [0.15, 0.2) is 0 Å². The molecule has 0 aliphatic carbocycles. The lowest BCUT2D eigenvalue weighted by Gasteiger charge is -2.32. The Morgan fingerprint density at radius 3 is 2.45 bits per heavy atom. The molecule has 170 valence electrons. The molecule has 0 bridgehead atoms. The van der Waals surface area contributed by atoms with Crippen LogP contribution in [0, 0.1) is 5.92 Å². The van der Waals surface area contributed by atoms with Crippen molar-refractivity contribution in [1.82, 2.24) is 14.5 Å². The fraction of sp³-hybridized carbons (Fsp3) is 0.615. The number of amides is 1. The predicted octanol–water partition coefficient (Wildman–Crippen LogP) is 5.56. The van der Waals surface area contributed by atoms with Crippen LogP contribution in [-0.2, 0) is 19.3 Å². The van der Waals surface area contributed by atoms with Crippen molar-refractivity contribution >= 4 is 5.91 Å². The molecule has 0 fully saturated rings. The SMILES string of the molecule is CCC(C)c1nc(C(=O)N(C)C(C)(C)C)c2n1-c1cc(CC(C)C)c(OC)cc1CC2. The van der Waals surface area contributed by atoms with Gasteiger partial charge < -0.3 is 9.64 Å². The van der Waals surface area contributed by atoms with Crippen molar-refractivity contribution in [2.75, 3.05) is 14.2 Å². The molecule has 5 nitrogen and oxygen atoms in total. The smallest absolute Gasteiger partial charge is 0.274 e. The Morgan fingerprint density at radius 1 is 1.23 bits per heavy atom. The average molecular weight is 426 g/mol. The van der Waals surface area contributed by atoms with E-state index in [2.05, 4.69) is 65.2 Å². The van der Waals surface area contributed by atoms with Crippen molar-refractivity contribution in [3.63, 3.8) is 0 Å². The van der Waals surface area contributed by atoms with Gasteiger partial charge in [-0.05, 0) is 75.6 Å². The minimum absolute atomic E-state index is 0.00479. The van der Waals surface area contributed by atoms with Gasteiger partial charge in [0, 0.05) is 18.5 Å². The van der Waals surface area contributed by atoms with Gasteiger partial charge in [-0.2, -0.15) is 0 Å². The third-order valence-electron chi connectivity index (χ3n) is 6.55. The average Bonchev–Trinajstić information content (AvgIpc) is 3.10. The minimum atomic E-state index is -0.255. The first kappa shape index (κ1) is 23.4. The second-order valence-corrected chi connectivity index (χ2v) is 10.3. The molecule has 5 heteroatoms. The van der Waals surface area contributed by atoms with E-state index in [1.54, 1.807) is 7.11 Å². The molecule has 1 atom stereocenters. The summed E-state index contributed by atoms with van der Waals surface area (Å²) in [6.45, 7) is 15.0. The van der Waals surface area contributed by atoms with Crippen molar-refractivity contribution in [2.24, 2.45) is 5.92 Å². The molecule has 1 aliphatic heterocycles. The second kappa shape index (κ2) is 8.68. The lowest BCUT2D eigenvalue weighted by atomic mass is 9.94. The Morgan fingerprint density at radius 2 is 1.90 bits per heavy atom. The summed E-state index contributed by atoms with van der Waals surface area (Å²) in [5, 5.41) is 0. The molecule has 0 radical (unpaired) electrons. The zero-order valence-electron chi connectivity index (χ0n) is 20.8. The number of carbonyl (C=O) groups excluding carboxylic acids is 1. The van der Waals surface area contributed by atoms with Crippen molar-refractivity contribution in [3.05, 3.63) is 40.5 Å². The summed E-state index contributed by atoms with van der Waals surface area (Å²) < 4.78 is 8.00. The van der Waals surface area contributed by atoms with Crippen LogP contribution in [0.1, 0.15) is 93.9 Å². The molecule has 0 saturated carbocycles. The van der Waals surface area contributed by atoms with Crippen LogP contribution in [0.2, 0.25) is 0 Å². The lowest BCUT2D eigenvalue weighted by Crippen LogP contribution is -2.43. The Kier molecular flexibility index (Phi) is 6.54. The first-order valence-electron chi connectivity index (χ1n) is 11.6. The van der Waals surface area contributed by atoms with Crippen LogP contribution in [0.25, 0.3) is 5.69 Å². The standard InChI is InChI=1S/C26H39N3O2/c1-10-17(4)24-27-23(25(30)28(8)26(5,6)7)20-12-11-18-15-22(31-9)19(13-16(2)3)14-21(18)29(20)24/h14-17H,10-13H2,1-9H3. The fourth-order valence-electron chi connectivity index (χ4n) is 4.22. The number of benzene rings is 1. The van der Waals surface area contributed by atoms with Crippen molar-refractivity contribution in [1.29, 1.82) is 0 Å². The molecule has 0 saturated heterocycles. The predicted molar refractivity (Wildman–Crippen MR) is 127 cm³/mol. The van der Waals surface area contributed by atoms with Gasteiger partial charge in [-0.3, -0.25) is 9.36 Å². The molecule has 1 unspecified atom stereocenters. The summed E-state index contributed by atoms with van der Waals surface area (Å²) >= 11 is 0. The monoisotopic (exact) mass is 425 g/mol. The molecule has 0 N–H and O–H groups in total. The van der Waals surface area contributed by atoms with E-state index in [1.807, 2.05) is 11.9 Å². The summed E-state index contributed by atoms with van der Waals surface area (Å²) in [6, 6.07) is 4.46. The summed E-state index contributed by atoms with van der Waals surface area (Å²) in [4.78, 5) is 20.2. The van der Waals surface area contributed by atoms with Gasteiger partial charge in [0.2, 0.25) is 0 Å². The first-order chi connectivity index (χ1) is 14.5. The van der Waals surface area contributed by atoms with Crippen LogP contribution >= 0.6 is 0 Å². The quantitative estimate of drug-likeness (QED) is 0.608. The lowest BCUT2D eigenvalue weighted by molar-refractivity contribution is 0.0648. The zero-order valence-corrected chi connectivity index (χ0v) is 20.8. The highest BCUT2D eigenvalue weighted by molar-refractivity contribution is 5.94. The molecule has 0 spiro atoms. The number of methoxy groups -OCH3 is 1. The second-order valence-electron chi connectivity index (χ2n) is 10.3. The Hall–Kier alpha value is -2.30. The van der Waals surface area contributed by atoms with Crippen LogP contribution in [0.3, 0.4) is 0 Å². The number of aromatic nitrogens is 2. The van der Waals surface area contributed by atoms with Gasteiger partial charge in [0.25, 0.3) is 5.91 Å². The highest BCUT2D eigenvalue weighted by atomic mass is 16.5. The molecule has 31 heavy (non-hydrogen) atoms. The van der Waals surface area contributed by atoms with Crippen molar-refractivity contribution in [3.8, 4) is 11.4 Å². The van der Waals surface area contributed by atoms with E-state index in [1.165, 1.54) is 11.1 Å². The normalized spacial score (nSPS) is 14.3. The fourth-order valence-corrected chi connectivity index (χ4v) is 4.22. The third-order valence-corrected chi connectivity index (χ3v) is 6.55. The maximum atomic E-state index is 13.4. The Bertz CT molecular complexity index is 966. The first-order valence-corrected chi connectivity index (χ1v) is 11.6.